The summed E-state index contributed by atoms with van der Waals surface area (Å²) in [5.74, 6) is -0.581. The van der Waals surface area contributed by atoms with E-state index in [4.69, 9.17) is 11.6 Å². The molecule has 0 N–H and O–H groups in total. The predicted octanol–water partition coefficient (Wildman–Crippen LogP) is 6.76. The largest absolute Gasteiger partial charge is 0.368 e. The molecule has 2 fully saturated rings. The Bertz CT molecular complexity index is 1020. The fourth-order valence-electron chi connectivity index (χ4n) is 4.13. The molecule has 10 heteroatoms. The second-order valence-corrected chi connectivity index (χ2v) is 11.1. The number of hydrogen-bond acceptors (Lipinski definition) is 2. The molecule has 0 aromatic heterocycles. The summed E-state index contributed by atoms with van der Waals surface area (Å²) in [6, 6.07) is 8.64. The minimum Gasteiger partial charge on any atom is -0.368 e. The van der Waals surface area contributed by atoms with Crippen LogP contribution in [0.15, 0.2) is 47.4 Å². The molecule has 1 saturated heterocycles. The molecule has 170 valence electrons. The summed E-state index contributed by atoms with van der Waals surface area (Å²) in [6.45, 7) is 4.39. The first-order valence-electron chi connectivity index (χ1n) is 9.87. The van der Waals surface area contributed by atoms with Gasteiger partial charge in [0.05, 0.1) is 0 Å². The van der Waals surface area contributed by atoms with E-state index in [0.717, 1.165) is 23.4 Å². The maximum Gasteiger partial charge on any atom is 0.310 e. The molecule has 2 unspecified atom stereocenters. The van der Waals surface area contributed by atoms with Gasteiger partial charge in [0.2, 0.25) is 5.91 Å². The van der Waals surface area contributed by atoms with Crippen molar-refractivity contribution < 1.29 is 24.2 Å². The van der Waals surface area contributed by atoms with E-state index in [-0.39, 0.29) is 17.7 Å². The number of piperazine rings is 1. The van der Waals surface area contributed by atoms with Gasteiger partial charge in [0.1, 0.15) is 4.90 Å². The highest BCUT2D eigenvalue weighted by Crippen LogP contribution is 3.02. The van der Waals surface area contributed by atoms with Crippen LogP contribution < -0.4 is 4.90 Å². The zero-order valence-corrected chi connectivity index (χ0v) is 18.3. The average molecular weight is 481 g/mol. The van der Waals surface area contributed by atoms with Crippen LogP contribution in [0.2, 0.25) is 5.02 Å². The molecule has 2 aromatic rings. The van der Waals surface area contributed by atoms with Gasteiger partial charge in [-0.3, -0.25) is 4.79 Å². The fourth-order valence-corrected chi connectivity index (χ4v) is 4.95. The average Bonchev–Trinajstić information content (AvgIpc) is 3.49. The number of nitrogens with zero attached hydrogens (tertiary/aromatic N) is 2. The molecule has 0 bridgehead atoms. The van der Waals surface area contributed by atoms with Crippen molar-refractivity contribution in [2.45, 2.75) is 24.2 Å². The van der Waals surface area contributed by atoms with Gasteiger partial charge in [-0.2, -0.15) is 0 Å². The van der Waals surface area contributed by atoms with Crippen LogP contribution in [0.4, 0.5) is 25.1 Å². The van der Waals surface area contributed by atoms with Crippen LogP contribution in [0.5, 0.6) is 0 Å². The summed E-state index contributed by atoms with van der Waals surface area (Å²) < 4.78 is 64.4. The van der Waals surface area contributed by atoms with E-state index in [1.807, 2.05) is 25.1 Å². The van der Waals surface area contributed by atoms with Crippen molar-refractivity contribution in [3.63, 3.8) is 0 Å². The number of anilines is 1. The molecule has 2 aromatic carbocycles. The monoisotopic (exact) mass is 480 g/mol. The van der Waals surface area contributed by atoms with Crippen molar-refractivity contribution in [3.8, 4) is 0 Å². The van der Waals surface area contributed by atoms with Gasteiger partial charge in [-0.1, -0.05) is 49.2 Å². The van der Waals surface area contributed by atoms with Crippen molar-refractivity contribution in [1.29, 1.82) is 0 Å². The molecule has 1 aliphatic carbocycles. The molecule has 1 amide bonds. The van der Waals surface area contributed by atoms with Gasteiger partial charge in [-0.25, -0.2) is 0 Å². The number of amides is 1. The smallest absolute Gasteiger partial charge is 0.310 e. The molecule has 1 aliphatic heterocycles. The number of halogens is 6. The molecule has 2 aliphatic rings. The van der Waals surface area contributed by atoms with Crippen LogP contribution >= 0.6 is 21.8 Å². The van der Waals surface area contributed by atoms with E-state index >= 15 is 0 Å². The lowest BCUT2D eigenvalue weighted by atomic mass is 10.1. The lowest BCUT2D eigenvalue weighted by Gasteiger charge is -2.40. The number of carbonyl (C=O) groups excluding carboxylic acids is 1. The molecule has 2 atom stereocenters. The molecule has 0 spiro atoms. The third-order valence-corrected chi connectivity index (χ3v) is 7.36. The van der Waals surface area contributed by atoms with Crippen molar-refractivity contribution in [2.24, 2.45) is 5.92 Å². The maximum absolute atomic E-state index is 12.9. The van der Waals surface area contributed by atoms with Gasteiger partial charge in [-0.05, 0) is 54.7 Å². The molecule has 0 radical (unpaired) electrons. The third kappa shape index (κ3) is 4.77. The number of rotatable bonds is 4. The van der Waals surface area contributed by atoms with E-state index in [2.05, 4.69) is 4.90 Å². The second-order valence-electron chi connectivity index (χ2n) is 8.23. The highest BCUT2D eigenvalue weighted by atomic mass is 35.5. The highest BCUT2D eigenvalue weighted by Gasteiger charge is 2.65. The van der Waals surface area contributed by atoms with Crippen molar-refractivity contribution in [1.82, 2.24) is 4.90 Å². The Morgan fingerprint density at radius 3 is 2.16 bits per heavy atom. The predicted molar refractivity (Wildman–Crippen MR) is 114 cm³/mol. The molecule has 1 heterocycles. The first-order valence-corrected chi connectivity index (χ1v) is 12.2. The zero-order valence-electron chi connectivity index (χ0n) is 16.7. The molecule has 1 saturated carbocycles. The summed E-state index contributed by atoms with van der Waals surface area (Å²) in [5, 5.41) is 0.649. The van der Waals surface area contributed by atoms with Crippen LogP contribution in [0, 0.1) is 12.8 Å². The van der Waals surface area contributed by atoms with Crippen LogP contribution in [0.3, 0.4) is 0 Å². The van der Waals surface area contributed by atoms with Gasteiger partial charge in [0.25, 0.3) is 0 Å². The van der Waals surface area contributed by atoms with Crippen LogP contribution in [-0.2, 0) is 4.79 Å². The SMILES string of the molecule is Cc1ccc(Cl)cc1N1CCN(C(=O)C2CC2c2ccc(S(F)(F)(F)(F)F)cc2)CC1. The normalized spacial score (nSPS) is 23.8. The topological polar surface area (TPSA) is 23.6 Å². The maximum atomic E-state index is 12.9. The van der Waals surface area contributed by atoms with E-state index in [1.165, 1.54) is 0 Å². The molecular weight excluding hydrogens is 459 g/mol. The minimum atomic E-state index is -9.68. The van der Waals surface area contributed by atoms with E-state index in [0.29, 0.717) is 55.3 Å². The van der Waals surface area contributed by atoms with Crippen LogP contribution in [-0.4, -0.2) is 37.0 Å². The zero-order chi connectivity index (χ0) is 22.7. The van der Waals surface area contributed by atoms with Crippen LogP contribution in [0.1, 0.15) is 23.5 Å². The van der Waals surface area contributed by atoms with Crippen molar-refractivity contribution >= 4 is 33.4 Å². The summed E-state index contributed by atoms with van der Waals surface area (Å²) in [7, 11) is -9.68. The first-order chi connectivity index (χ1) is 14.2. The summed E-state index contributed by atoms with van der Waals surface area (Å²) in [5.41, 5.74) is 2.62. The Morgan fingerprint density at radius 1 is 0.968 bits per heavy atom. The molecule has 3 nitrogen and oxygen atoms in total. The van der Waals surface area contributed by atoms with E-state index in [9.17, 15) is 24.2 Å². The quantitative estimate of drug-likeness (QED) is 0.451. The molecule has 4 rings (SSSR count). The second kappa shape index (κ2) is 6.75. The van der Waals surface area contributed by atoms with Crippen molar-refractivity contribution in [2.75, 3.05) is 31.1 Å². The van der Waals surface area contributed by atoms with Crippen LogP contribution in [0.25, 0.3) is 0 Å². The minimum absolute atomic E-state index is 0.0377. The Morgan fingerprint density at radius 2 is 1.58 bits per heavy atom. The molecular formula is C21H22ClF5N2OS. The fraction of sp³-hybridized carbons (Fsp3) is 0.381. The summed E-state index contributed by atoms with van der Waals surface area (Å²) >= 11 is 6.10. The Hall–Kier alpha value is -2.00. The Labute approximate surface area is 182 Å². The van der Waals surface area contributed by atoms with Gasteiger partial charge in [0.15, 0.2) is 0 Å². The van der Waals surface area contributed by atoms with Crippen molar-refractivity contribution in [3.05, 3.63) is 58.6 Å². The van der Waals surface area contributed by atoms with Gasteiger partial charge < -0.3 is 9.80 Å². The number of aryl methyl sites for hydroxylation is 1. The van der Waals surface area contributed by atoms with Gasteiger partial charge in [0, 0.05) is 42.8 Å². The number of benzene rings is 2. The lowest BCUT2D eigenvalue weighted by molar-refractivity contribution is -0.133. The van der Waals surface area contributed by atoms with Gasteiger partial charge >= 0.3 is 10.2 Å². The number of hydrogen-bond donors (Lipinski definition) is 0. The standard InChI is InChI=1S/C21H22ClF5N2OS/c1-14-2-5-16(22)12-20(14)28-8-10-29(11-9-28)21(30)19-13-18(19)15-3-6-17(7-4-15)31(23,24,25,26)27/h2-7,12,18-19H,8-11,13H2,1H3. The highest BCUT2D eigenvalue weighted by molar-refractivity contribution is 8.45. The Balaban J connectivity index is 1.37. The summed E-state index contributed by atoms with van der Waals surface area (Å²) in [6.07, 6.45) is 0.516. The first kappa shape index (κ1) is 22.2. The van der Waals surface area contributed by atoms with E-state index < -0.39 is 15.1 Å². The lowest BCUT2D eigenvalue weighted by Crippen LogP contribution is -2.49. The van der Waals surface area contributed by atoms with E-state index in [1.54, 1.807) is 4.90 Å². The third-order valence-electron chi connectivity index (χ3n) is 5.96. The summed E-state index contributed by atoms with van der Waals surface area (Å²) in [4.78, 5) is 14.9. The van der Waals surface area contributed by atoms with Gasteiger partial charge in [-0.15, -0.1) is 0 Å². The molecule has 31 heavy (non-hydrogen) atoms. The Kier molecular flexibility index (Phi) is 4.83. The number of carbonyl (C=O) groups is 1.